The van der Waals surface area contributed by atoms with Crippen molar-refractivity contribution in [2.24, 2.45) is 0 Å². The minimum absolute atomic E-state index is 0.137. The number of nitrogens with zero attached hydrogens (tertiary/aromatic N) is 1. The quantitative estimate of drug-likeness (QED) is 0.695. The molecule has 0 saturated carbocycles. The van der Waals surface area contributed by atoms with Gasteiger partial charge in [0.2, 0.25) is 5.91 Å². The van der Waals surface area contributed by atoms with Gasteiger partial charge in [0.1, 0.15) is 0 Å². The summed E-state index contributed by atoms with van der Waals surface area (Å²) in [4.78, 5) is 12.9. The predicted molar refractivity (Wildman–Crippen MR) is 72.1 cm³/mol. The van der Waals surface area contributed by atoms with Crippen LogP contribution in [0.15, 0.2) is 36.1 Å². The molecule has 1 amide bonds. The van der Waals surface area contributed by atoms with E-state index < -0.39 is 0 Å². The van der Waals surface area contributed by atoms with Gasteiger partial charge in [0, 0.05) is 12.7 Å². The second-order valence-corrected chi connectivity index (χ2v) is 2.74. The molecular formula is C14H25NO. The Labute approximate surface area is 100 Å². The Morgan fingerprint density at radius 3 is 2.12 bits per heavy atom. The van der Waals surface area contributed by atoms with Crippen LogP contribution in [0.2, 0.25) is 0 Å². The van der Waals surface area contributed by atoms with E-state index in [-0.39, 0.29) is 5.91 Å². The van der Waals surface area contributed by atoms with Crippen molar-refractivity contribution in [3.63, 3.8) is 0 Å². The van der Waals surface area contributed by atoms with E-state index in [0.717, 1.165) is 11.3 Å². The van der Waals surface area contributed by atoms with Gasteiger partial charge in [0.05, 0.1) is 6.42 Å². The summed E-state index contributed by atoms with van der Waals surface area (Å²) in [6.45, 7) is 13.6. The van der Waals surface area contributed by atoms with Gasteiger partial charge in [-0.15, -0.1) is 0 Å². The normalized spacial score (nSPS) is 14.4. The molecule has 2 heteroatoms. The molecule has 92 valence electrons. The fourth-order valence-corrected chi connectivity index (χ4v) is 1.28. The minimum Gasteiger partial charge on any atom is -0.315 e. The summed E-state index contributed by atoms with van der Waals surface area (Å²) in [6.07, 6.45) is 6.09. The van der Waals surface area contributed by atoms with E-state index in [9.17, 15) is 4.79 Å². The number of carbonyl (C=O) groups excluding carboxylic acids is 1. The molecule has 0 saturated heterocycles. The molecular weight excluding hydrogens is 198 g/mol. The summed E-state index contributed by atoms with van der Waals surface area (Å²) >= 11 is 0. The summed E-state index contributed by atoms with van der Waals surface area (Å²) in [5, 5.41) is 0. The van der Waals surface area contributed by atoms with Crippen molar-refractivity contribution in [2.45, 2.75) is 41.0 Å². The molecule has 0 spiro atoms. The maximum absolute atomic E-state index is 11.2. The van der Waals surface area contributed by atoms with Crippen LogP contribution in [-0.4, -0.2) is 17.9 Å². The van der Waals surface area contributed by atoms with Crippen LogP contribution < -0.4 is 0 Å². The van der Waals surface area contributed by atoms with Crippen LogP contribution in [0.3, 0.4) is 0 Å². The molecule has 1 aliphatic heterocycles. The van der Waals surface area contributed by atoms with Gasteiger partial charge >= 0.3 is 0 Å². The third-order valence-electron chi connectivity index (χ3n) is 1.98. The van der Waals surface area contributed by atoms with E-state index in [1.54, 1.807) is 18.0 Å². The van der Waals surface area contributed by atoms with Crippen molar-refractivity contribution in [1.82, 2.24) is 4.90 Å². The van der Waals surface area contributed by atoms with Crippen molar-refractivity contribution in [2.75, 3.05) is 7.05 Å². The lowest BCUT2D eigenvalue weighted by molar-refractivity contribution is -0.125. The molecule has 1 aliphatic rings. The number of likely N-dealkylation sites (N-methyl/N-ethyl adjacent to an activating group) is 1. The summed E-state index contributed by atoms with van der Waals surface area (Å²) < 4.78 is 0. The second-order valence-electron chi connectivity index (χ2n) is 2.74. The summed E-state index contributed by atoms with van der Waals surface area (Å²) in [5.41, 5.74) is 1.98. The Bertz CT molecular complexity index is 274. The van der Waals surface area contributed by atoms with Gasteiger partial charge in [-0.2, -0.15) is 0 Å². The van der Waals surface area contributed by atoms with Crippen LogP contribution in [-0.2, 0) is 4.79 Å². The maximum Gasteiger partial charge on any atom is 0.231 e. The first kappa shape index (κ1) is 17.1. The molecule has 0 radical (unpaired) electrons. The lowest BCUT2D eigenvalue weighted by Crippen LogP contribution is -2.18. The molecule has 0 aromatic rings. The highest BCUT2D eigenvalue weighted by atomic mass is 16.2. The summed E-state index contributed by atoms with van der Waals surface area (Å²) in [6, 6.07) is 0. The number of hydrogen-bond acceptors (Lipinski definition) is 1. The Kier molecular flexibility index (Phi) is 10.9. The highest BCUT2D eigenvalue weighted by molar-refractivity contribution is 5.85. The lowest BCUT2D eigenvalue weighted by atomic mass is 10.2. The van der Waals surface area contributed by atoms with Crippen molar-refractivity contribution >= 4 is 5.91 Å². The molecule has 2 nitrogen and oxygen atoms in total. The highest BCUT2D eigenvalue weighted by Gasteiger charge is 2.22. The van der Waals surface area contributed by atoms with Crippen molar-refractivity contribution in [3.8, 4) is 0 Å². The molecule has 0 aromatic carbocycles. The zero-order valence-corrected chi connectivity index (χ0v) is 11.5. The topological polar surface area (TPSA) is 20.3 Å². The first-order valence-corrected chi connectivity index (χ1v) is 5.95. The first-order valence-electron chi connectivity index (χ1n) is 5.95. The fourth-order valence-electron chi connectivity index (χ4n) is 1.28. The Hall–Kier alpha value is -1.31. The van der Waals surface area contributed by atoms with E-state index >= 15 is 0 Å². The maximum atomic E-state index is 11.2. The van der Waals surface area contributed by atoms with Crippen LogP contribution in [0, 0.1) is 0 Å². The van der Waals surface area contributed by atoms with Crippen LogP contribution >= 0.6 is 0 Å². The number of rotatable bonds is 2. The smallest absolute Gasteiger partial charge is 0.231 e. The zero-order chi connectivity index (χ0) is 13.1. The first-order chi connectivity index (χ1) is 7.70. The van der Waals surface area contributed by atoms with Crippen LogP contribution in [0.4, 0.5) is 0 Å². The molecule has 0 aliphatic carbocycles. The molecule has 1 rings (SSSR count). The van der Waals surface area contributed by atoms with Gasteiger partial charge in [-0.05, 0) is 18.6 Å². The minimum atomic E-state index is 0.137. The van der Waals surface area contributed by atoms with Gasteiger partial charge in [-0.25, -0.2) is 0 Å². The monoisotopic (exact) mass is 223 g/mol. The van der Waals surface area contributed by atoms with Crippen LogP contribution in [0.25, 0.3) is 0 Å². The Morgan fingerprint density at radius 2 is 1.75 bits per heavy atom. The molecule has 0 N–H and O–H groups in total. The van der Waals surface area contributed by atoms with Crippen molar-refractivity contribution in [3.05, 3.63) is 36.1 Å². The molecule has 16 heavy (non-hydrogen) atoms. The largest absolute Gasteiger partial charge is 0.315 e. The van der Waals surface area contributed by atoms with Crippen molar-refractivity contribution < 1.29 is 4.79 Å². The Morgan fingerprint density at radius 1 is 1.25 bits per heavy atom. The molecule has 0 unspecified atom stereocenters. The van der Waals surface area contributed by atoms with Gasteiger partial charge in [0.15, 0.2) is 0 Å². The van der Waals surface area contributed by atoms with Gasteiger partial charge < -0.3 is 4.90 Å². The third-order valence-corrected chi connectivity index (χ3v) is 1.98. The number of amides is 1. The summed E-state index contributed by atoms with van der Waals surface area (Å²) in [5.74, 6) is 0.137. The van der Waals surface area contributed by atoms with E-state index in [1.807, 2.05) is 46.8 Å². The van der Waals surface area contributed by atoms with Crippen LogP contribution in [0.5, 0.6) is 0 Å². The molecule has 1 heterocycles. The van der Waals surface area contributed by atoms with Crippen molar-refractivity contribution in [1.29, 1.82) is 0 Å². The standard InChI is InChI=1S/C10H13NO.2C2H6/c1-4-6-9-8(5-2)7-10(12)11(9)3;2*1-2/h4-6H,2,7H2,1,3H3;2*1-2H3/b6-4-;;. The van der Waals surface area contributed by atoms with E-state index in [2.05, 4.69) is 6.58 Å². The molecule has 0 atom stereocenters. The number of carbonyl (C=O) groups is 1. The molecule has 0 aromatic heterocycles. The average molecular weight is 223 g/mol. The average Bonchev–Trinajstić information content (AvgIpc) is 2.62. The van der Waals surface area contributed by atoms with E-state index in [1.165, 1.54) is 0 Å². The molecule has 0 bridgehead atoms. The van der Waals surface area contributed by atoms with E-state index in [0.29, 0.717) is 6.42 Å². The predicted octanol–water partition coefficient (Wildman–Crippen LogP) is 3.92. The Balaban J connectivity index is 0. The molecule has 0 fully saturated rings. The van der Waals surface area contributed by atoms with Crippen LogP contribution in [0.1, 0.15) is 41.0 Å². The van der Waals surface area contributed by atoms with Gasteiger partial charge in [-0.1, -0.05) is 46.4 Å². The number of allylic oxidation sites excluding steroid dienone is 3. The number of hydrogen-bond donors (Lipinski definition) is 0. The fraction of sp³-hybridized carbons (Fsp3) is 0.500. The SMILES string of the molecule is C=CC1=C(/C=C\C)N(C)C(=O)C1.CC.CC. The highest BCUT2D eigenvalue weighted by Crippen LogP contribution is 2.23. The van der Waals surface area contributed by atoms with Gasteiger partial charge in [-0.3, -0.25) is 4.79 Å². The zero-order valence-electron chi connectivity index (χ0n) is 11.5. The van der Waals surface area contributed by atoms with E-state index in [4.69, 9.17) is 0 Å². The second kappa shape index (κ2) is 10.2. The summed E-state index contributed by atoms with van der Waals surface area (Å²) in [7, 11) is 1.79. The third kappa shape index (κ3) is 4.47. The lowest BCUT2D eigenvalue weighted by Gasteiger charge is -2.10. The van der Waals surface area contributed by atoms with Gasteiger partial charge in [0.25, 0.3) is 0 Å².